The first-order valence-corrected chi connectivity index (χ1v) is 8.88. The van der Waals surface area contributed by atoms with Crippen molar-refractivity contribution in [2.75, 3.05) is 7.11 Å². The van der Waals surface area contributed by atoms with Crippen LogP contribution in [0.3, 0.4) is 0 Å². The largest absolute Gasteiger partial charge is 0.467 e. The first-order chi connectivity index (χ1) is 12.5. The van der Waals surface area contributed by atoms with E-state index in [1.54, 1.807) is 0 Å². The normalized spacial score (nSPS) is 16.3. The SMILES string of the molecule is COC(=O)C1Cc2ccccc2CN1C(=O)c1ccc(SC(F)F)cc1. The lowest BCUT2D eigenvalue weighted by molar-refractivity contribution is -0.146. The van der Waals surface area contributed by atoms with Crippen LogP contribution in [0.5, 0.6) is 0 Å². The Morgan fingerprint density at radius 2 is 1.77 bits per heavy atom. The minimum atomic E-state index is -2.51. The summed E-state index contributed by atoms with van der Waals surface area (Å²) in [5.74, 6) is -3.32. The predicted molar refractivity (Wildman–Crippen MR) is 94.1 cm³/mol. The first kappa shape index (κ1) is 18.4. The summed E-state index contributed by atoms with van der Waals surface area (Å²) in [5.41, 5.74) is 2.33. The van der Waals surface area contributed by atoms with Crippen LogP contribution in [-0.4, -0.2) is 35.7 Å². The number of amides is 1. The average molecular weight is 377 g/mol. The van der Waals surface area contributed by atoms with Gasteiger partial charge >= 0.3 is 5.97 Å². The van der Waals surface area contributed by atoms with Gasteiger partial charge < -0.3 is 9.64 Å². The fourth-order valence-electron chi connectivity index (χ4n) is 3.03. The second-order valence-corrected chi connectivity index (χ2v) is 6.91. The van der Waals surface area contributed by atoms with Gasteiger partial charge in [0.1, 0.15) is 6.04 Å². The average Bonchev–Trinajstić information content (AvgIpc) is 2.66. The van der Waals surface area contributed by atoms with Gasteiger partial charge in [0.2, 0.25) is 0 Å². The van der Waals surface area contributed by atoms with E-state index >= 15 is 0 Å². The summed E-state index contributed by atoms with van der Waals surface area (Å²) in [4.78, 5) is 27.0. The van der Waals surface area contributed by atoms with Crippen LogP contribution >= 0.6 is 11.8 Å². The topological polar surface area (TPSA) is 46.6 Å². The van der Waals surface area contributed by atoms with E-state index in [9.17, 15) is 18.4 Å². The van der Waals surface area contributed by atoms with Crippen LogP contribution in [0.2, 0.25) is 0 Å². The van der Waals surface area contributed by atoms with E-state index < -0.39 is 17.8 Å². The summed E-state index contributed by atoms with van der Waals surface area (Å²) in [7, 11) is 1.29. The van der Waals surface area contributed by atoms with Crippen LogP contribution in [0.1, 0.15) is 21.5 Å². The summed E-state index contributed by atoms with van der Waals surface area (Å²) in [5, 5.41) is 0. The van der Waals surface area contributed by atoms with E-state index in [0.717, 1.165) is 11.1 Å². The Bertz CT molecular complexity index is 811. The number of methoxy groups -OCH3 is 1. The zero-order valence-corrected chi connectivity index (χ0v) is 14.8. The van der Waals surface area contributed by atoms with Crippen molar-refractivity contribution in [3.8, 4) is 0 Å². The van der Waals surface area contributed by atoms with Crippen LogP contribution < -0.4 is 0 Å². The molecule has 2 aromatic rings. The monoisotopic (exact) mass is 377 g/mol. The summed E-state index contributed by atoms with van der Waals surface area (Å²) in [6, 6.07) is 12.9. The number of carbonyl (C=O) groups excluding carboxylic acids is 2. The number of halogens is 2. The molecule has 1 heterocycles. The van der Waals surface area contributed by atoms with Gasteiger partial charge in [-0.2, -0.15) is 8.78 Å². The molecule has 1 aliphatic rings. The molecule has 2 aromatic carbocycles. The number of alkyl halides is 2. The minimum absolute atomic E-state index is 0.294. The van der Waals surface area contributed by atoms with Crippen LogP contribution in [0.4, 0.5) is 8.78 Å². The van der Waals surface area contributed by atoms with Gasteiger partial charge in [-0.3, -0.25) is 4.79 Å². The molecule has 0 saturated carbocycles. The number of benzene rings is 2. The lowest BCUT2D eigenvalue weighted by Crippen LogP contribution is -2.49. The van der Waals surface area contributed by atoms with Crippen molar-refractivity contribution < 1.29 is 23.1 Å². The zero-order chi connectivity index (χ0) is 18.7. The molecule has 4 nitrogen and oxygen atoms in total. The third kappa shape index (κ3) is 3.88. The van der Waals surface area contributed by atoms with Gasteiger partial charge in [-0.05, 0) is 35.4 Å². The standard InChI is InChI=1S/C19H17F2NO3S/c1-25-18(24)16-10-13-4-2-3-5-14(13)11-22(16)17(23)12-6-8-15(9-7-12)26-19(20)21/h2-9,16,19H,10-11H2,1H3. The van der Waals surface area contributed by atoms with Crippen LogP contribution in [0.25, 0.3) is 0 Å². The molecule has 3 rings (SSSR count). The number of carbonyl (C=O) groups is 2. The quantitative estimate of drug-likeness (QED) is 0.602. The van der Waals surface area contributed by atoms with Crippen LogP contribution in [-0.2, 0) is 22.5 Å². The molecule has 1 atom stereocenters. The van der Waals surface area contributed by atoms with Gasteiger partial charge in [0.15, 0.2) is 0 Å². The Morgan fingerprint density at radius 1 is 1.12 bits per heavy atom. The van der Waals surface area contributed by atoms with Crippen molar-refractivity contribution >= 4 is 23.6 Å². The Hall–Kier alpha value is -2.41. The fourth-order valence-corrected chi connectivity index (χ4v) is 3.53. The van der Waals surface area contributed by atoms with Gasteiger partial charge in [-0.25, -0.2) is 4.79 Å². The third-order valence-corrected chi connectivity index (χ3v) is 5.03. The zero-order valence-electron chi connectivity index (χ0n) is 14.0. The van der Waals surface area contributed by atoms with Crippen molar-refractivity contribution in [3.05, 3.63) is 65.2 Å². The second kappa shape index (κ2) is 7.86. The molecule has 0 bridgehead atoms. The van der Waals surface area contributed by atoms with Crippen LogP contribution in [0, 0.1) is 0 Å². The Labute approximate surface area is 154 Å². The molecule has 0 N–H and O–H groups in total. The van der Waals surface area contributed by atoms with Gasteiger partial charge in [-0.1, -0.05) is 36.0 Å². The lowest BCUT2D eigenvalue weighted by atomic mass is 9.93. The molecule has 0 fully saturated rings. The third-order valence-electron chi connectivity index (χ3n) is 4.31. The molecule has 0 radical (unpaired) electrons. The van der Waals surface area contributed by atoms with E-state index in [0.29, 0.717) is 35.2 Å². The number of fused-ring (bicyclic) bond motifs is 1. The fraction of sp³-hybridized carbons (Fsp3) is 0.263. The molecule has 1 aliphatic heterocycles. The van der Waals surface area contributed by atoms with Gasteiger partial charge in [0, 0.05) is 23.4 Å². The van der Waals surface area contributed by atoms with Crippen molar-refractivity contribution in [1.82, 2.24) is 4.90 Å². The Balaban J connectivity index is 1.87. The van der Waals surface area contributed by atoms with Crippen molar-refractivity contribution in [2.24, 2.45) is 0 Å². The van der Waals surface area contributed by atoms with Gasteiger partial charge in [0.05, 0.1) is 7.11 Å². The van der Waals surface area contributed by atoms with Gasteiger partial charge in [0.25, 0.3) is 11.7 Å². The minimum Gasteiger partial charge on any atom is -0.467 e. The molecule has 0 saturated heterocycles. The second-order valence-electron chi connectivity index (χ2n) is 5.85. The van der Waals surface area contributed by atoms with Crippen LogP contribution in [0.15, 0.2) is 53.4 Å². The highest BCUT2D eigenvalue weighted by Crippen LogP contribution is 2.28. The van der Waals surface area contributed by atoms with E-state index in [4.69, 9.17) is 4.74 Å². The highest BCUT2D eigenvalue weighted by molar-refractivity contribution is 7.99. The number of hydrogen-bond donors (Lipinski definition) is 0. The summed E-state index contributed by atoms with van der Waals surface area (Å²) in [6.45, 7) is 0.294. The molecule has 0 spiro atoms. The number of thioether (sulfide) groups is 1. The number of ether oxygens (including phenoxy) is 1. The van der Waals surface area contributed by atoms with E-state index in [1.165, 1.54) is 36.3 Å². The maximum Gasteiger partial charge on any atom is 0.328 e. The highest BCUT2D eigenvalue weighted by atomic mass is 32.2. The summed E-state index contributed by atoms with van der Waals surface area (Å²) < 4.78 is 29.7. The molecule has 1 amide bonds. The molecular weight excluding hydrogens is 360 g/mol. The Kier molecular flexibility index (Phi) is 5.56. The Morgan fingerprint density at radius 3 is 2.38 bits per heavy atom. The maximum atomic E-state index is 12.9. The smallest absolute Gasteiger partial charge is 0.328 e. The predicted octanol–water partition coefficient (Wildman–Crippen LogP) is 3.74. The highest BCUT2D eigenvalue weighted by Gasteiger charge is 2.35. The van der Waals surface area contributed by atoms with E-state index in [1.807, 2.05) is 24.3 Å². The molecule has 1 unspecified atom stereocenters. The first-order valence-electron chi connectivity index (χ1n) is 8.00. The summed E-state index contributed by atoms with van der Waals surface area (Å²) >= 11 is 0.422. The molecule has 0 aliphatic carbocycles. The molecule has 26 heavy (non-hydrogen) atoms. The molecule has 136 valence electrons. The van der Waals surface area contributed by atoms with Gasteiger partial charge in [-0.15, -0.1) is 0 Å². The van der Waals surface area contributed by atoms with Crippen molar-refractivity contribution in [1.29, 1.82) is 0 Å². The molecule has 7 heteroatoms. The number of nitrogens with zero attached hydrogens (tertiary/aromatic N) is 1. The van der Waals surface area contributed by atoms with Crippen molar-refractivity contribution in [3.63, 3.8) is 0 Å². The number of esters is 1. The molecular formula is C19H17F2NO3S. The summed E-state index contributed by atoms with van der Waals surface area (Å²) in [6.07, 6.45) is 0.383. The van der Waals surface area contributed by atoms with E-state index in [2.05, 4.69) is 0 Å². The van der Waals surface area contributed by atoms with E-state index in [-0.39, 0.29) is 5.91 Å². The number of rotatable bonds is 4. The lowest BCUT2D eigenvalue weighted by Gasteiger charge is -2.35. The number of hydrogen-bond acceptors (Lipinski definition) is 4. The molecule has 0 aromatic heterocycles. The maximum absolute atomic E-state index is 12.9. The van der Waals surface area contributed by atoms with Crippen molar-refractivity contribution in [2.45, 2.75) is 29.7 Å².